The summed E-state index contributed by atoms with van der Waals surface area (Å²) in [6, 6.07) is 42.8. The van der Waals surface area contributed by atoms with Crippen LogP contribution >= 0.6 is 0 Å². The Labute approximate surface area is 311 Å². The van der Waals surface area contributed by atoms with E-state index in [-0.39, 0.29) is 0 Å². The van der Waals surface area contributed by atoms with Gasteiger partial charge >= 0.3 is 0 Å². The third-order valence-electron chi connectivity index (χ3n) is 11.2. The van der Waals surface area contributed by atoms with Crippen LogP contribution in [0, 0.1) is 11.8 Å². The number of fused-ring (bicyclic) bond motifs is 7. The third-order valence-corrected chi connectivity index (χ3v) is 11.2. The van der Waals surface area contributed by atoms with Gasteiger partial charge < -0.3 is 4.57 Å². The summed E-state index contributed by atoms with van der Waals surface area (Å²) in [5.41, 5.74) is 13.3. The number of hydrogen-bond acceptors (Lipinski definition) is 0. The minimum absolute atomic E-state index is 0.332. The van der Waals surface area contributed by atoms with E-state index in [1.54, 1.807) is 0 Å². The first-order valence-electron chi connectivity index (χ1n) is 18.6. The Bertz CT molecular complexity index is 2820. The number of para-hydroxylation sites is 1. The highest BCUT2D eigenvalue weighted by molar-refractivity contribution is 6.19. The maximum Gasteiger partial charge on any atom is 0.0619 e. The summed E-state index contributed by atoms with van der Waals surface area (Å²) in [4.78, 5) is 0. The summed E-state index contributed by atoms with van der Waals surface area (Å²) in [6.45, 7) is 12.1. The molecule has 0 amide bonds. The Morgan fingerprint density at radius 1 is 0.566 bits per heavy atom. The molecule has 0 bridgehead atoms. The van der Waals surface area contributed by atoms with E-state index in [0.717, 1.165) is 11.3 Å². The van der Waals surface area contributed by atoms with Gasteiger partial charge in [0.1, 0.15) is 0 Å². The van der Waals surface area contributed by atoms with E-state index in [2.05, 4.69) is 195 Å². The molecule has 53 heavy (non-hydrogen) atoms. The summed E-state index contributed by atoms with van der Waals surface area (Å²) in [6.07, 6.45) is 22.2. The Balaban J connectivity index is 1.14. The topological polar surface area (TPSA) is 4.93 Å². The smallest absolute Gasteiger partial charge is 0.0619 e. The lowest BCUT2D eigenvalue weighted by atomic mass is 9.79. The fourth-order valence-corrected chi connectivity index (χ4v) is 8.38. The Morgan fingerprint density at radius 2 is 1.21 bits per heavy atom. The highest BCUT2D eigenvalue weighted by Gasteiger charge is 2.23. The fraction of sp³-hybridized carbons (Fsp3) is 0.0769. The molecule has 2 aliphatic rings. The number of rotatable bonds is 7. The maximum absolute atomic E-state index is 4.01. The SMILES string of the molecule is C=C/C(=C\C)C1=CC2C=CC(c3ccc4c5ccc6cc(-c7ccc8cc(/C(C=C)=C/C)ccc8c7)ccc6c5n(-c5ccccc5)c4c3)=CC2C=C1. The van der Waals surface area contributed by atoms with Crippen molar-refractivity contribution in [2.45, 2.75) is 13.8 Å². The normalized spacial score (nSPS) is 17.3. The quantitative estimate of drug-likeness (QED) is 0.148. The van der Waals surface area contributed by atoms with Gasteiger partial charge in [0.25, 0.3) is 0 Å². The van der Waals surface area contributed by atoms with Crippen molar-refractivity contribution in [3.8, 4) is 16.8 Å². The van der Waals surface area contributed by atoms with E-state index in [1.807, 2.05) is 12.2 Å². The molecule has 1 aromatic heterocycles. The van der Waals surface area contributed by atoms with Crippen LogP contribution in [0.25, 0.3) is 71.3 Å². The molecule has 0 saturated carbocycles. The predicted molar refractivity (Wildman–Crippen MR) is 230 cm³/mol. The minimum atomic E-state index is 0.332. The standard InChI is InChI=1S/C52H41N/c1-5-34(6-2)36-14-16-40-30-42(19-18-38(40)28-36)44-22-25-48-46(32-44)24-27-50-49-26-23-45(33-51(49)53(52(48)50)47-12-10-9-11-13-47)43-21-20-39-29-37(35(7-3)8-4)15-17-41(39)31-43/h5-33,39,41H,1,3H2,2,4H3/b34-6+,35-8+. The zero-order valence-corrected chi connectivity index (χ0v) is 30.3. The summed E-state index contributed by atoms with van der Waals surface area (Å²) in [5, 5.41) is 7.46. The van der Waals surface area contributed by atoms with Crippen LogP contribution in [0.5, 0.6) is 0 Å². The summed E-state index contributed by atoms with van der Waals surface area (Å²) >= 11 is 0. The average molecular weight is 680 g/mol. The Kier molecular flexibility index (Phi) is 8.13. The van der Waals surface area contributed by atoms with Gasteiger partial charge in [-0.3, -0.25) is 0 Å². The van der Waals surface area contributed by atoms with Crippen molar-refractivity contribution < 1.29 is 0 Å². The zero-order valence-electron chi connectivity index (χ0n) is 30.3. The van der Waals surface area contributed by atoms with E-state index in [0.29, 0.717) is 11.8 Å². The van der Waals surface area contributed by atoms with Crippen LogP contribution in [0.2, 0.25) is 0 Å². The van der Waals surface area contributed by atoms with Crippen molar-refractivity contribution in [2.24, 2.45) is 11.8 Å². The molecule has 2 atom stereocenters. The van der Waals surface area contributed by atoms with Gasteiger partial charge in [-0.2, -0.15) is 0 Å². The lowest BCUT2D eigenvalue weighted by Crippen LogP contribution is -2.13. The van der Waals surface area contributed by atoms with Gasteiger partial charge in [-0.25, -0.2) is 0 Å². The van der Waals surface area contributed by atoms with Crippen molar-refractivity contribution in [1.29, 1.82) is 0 Å². The number of hydrogen-bond donors (Lipinski definition) is 0. The molecular formula is C52H41N. The van der Waals surface area contributed by atoms with Gasteiger partial charge in [-0.15, -0.1) is 0 Å². The van der Waals surface area contributed by atoms with Crippen LogP contribution in [-0.4, -0.2) is 4.57 Å². The molecule has 0 fully saturated rings. The van der Waals surface area contributed by atoms with Gasteiger partial charge in [0.2, 0.25) is 0 Å². The van der Waals surface area contributed by atoms with Crippen LogP contribution in [0.1, 0.15) is 25.0 Å². The van der Waals surface area contributed by atoms with Crippen LogP contribution in [0.3, 0.4) is 0 Å². The highest BCUT2D eigenvalue weighted by atomic mass is 15.0. The lowest BCUT2D eigenvalue weighted by Gasteiger charge is -2.26. The molecule has 254 valence electrons. The second kappa shape index (κ2) is 13.3. The maximum atomic E-state index is 4.01. The Morgan fingerprint density at radius 3 is 2.00 bits per heavy atom. The molecule has 0 N–H and O–H groups in total. The average Bonchev–Trinajstić information content (AvgIpc) is 3.55. The molecule has 2 aliphatic carbocycles. The van der Waals surface area contributed by atoms with E-state index in [4.69, 9.17) is 0 Å². The first kappa shape index (κ1) is 32.5. The molecule has 1 heteroatoms. The summed E-state index contributed by atoms with van der Waals surface area (Å²) in [7, 11) is 0. The largest absolute Gasteiger partial charge is 0.309 e. The molecule has 0 saturated heterocycles. The van der Waals surface area contributed by atoms with Gasteiger partial charge in [0, 0.05) is 33.7 Å². The number of nitrogens with zero attached hydrogens (tertiary/aromatic N) is 1. The van der Waals surface area contributed by atoms with Crippen molar-refractivity contribution in [3.63, 3.8) is 0 Å². The predicted octanol–water partition coefficient (Wildman–Crippen LogP) is 14.2. The van der Waals surface area contributed by atoms with Crippen molar-refractivity contribution in [3.05, 3.63) is 211 Å². The van der Waals surface area contributed by atoms with Crippen molar-refractivity contribution >= 4 is 54.5 Å². The monoisotopic (exact) mass is 679 g/mol. The molecule has 0 spiro atoms. The fourth-order valence-electron chi connectivity index (χ4n) is 8.38. The summed E-state index contributed by atoms with van der Waals surface area (Å²) < 4.78 is 2.46. The van der Waals surface area contributed by atoms with Crippen LogP contribution in [-0.2, 0) is 0 Å². The van der Waals surface area contributed by atoms with Crippen molar-refractivity contribution in [1.82, 2.24) is 4.57 Å². The third kappa shape index (κ3) is 5.57. The molecule has 0 radical (unpaired) electrons. The van der Waals surface area contributed by atoms with Gasteiger partial charge in [-0.05, 0) is 111 Å². The van der Waals surface area contributed by atoms with Crippen LogP contribution in [0.15, 0.2) is 200 Å². The molecule has 1 heterocycles. The first-order chi connectivity index (χ1) is 26.1. The van der Waals surface area contributed by atoms with Crippen molar-refractivity contribution in [2.75, 3.05) is 0 Å². The number of benzene rings is 6. The number of aromatic nitrogens is 1. The van der Waals surface area contributed by atoms with Gasteiger partial charge in [0.15, 0.2) is 0 Å². The highest BCUT2D eigenvalue weighted by Crippen LogP contribution is 2.41. The molecule has 0 aliphatic heterocycles. The number of allylic oxidation sites excluding steroid dienone is 14. The minimum Gasteiger partial charge on any atom is -0.309 e. The second-order valence-corrected chi connectivity index (χ2v) is 14.1. The molecule has 9 rings (SSSR count). The van der Waals surface area contributed by atoms with E-state index >= 15 is 0 Å². The van der Waals surface area contributed by atoms with E-state index in [1.165, 1.54) is 82.3 Å². The molecule has 1 nitrogen and oxygen atoms in total. The molecule has 6 aromatic carbocycles. The zero-order chi connectivity index (χ0) is 36.1. The van der Waals surface area contributed by atoms with Gasteiger partial charge in [0.05, 0.1) is 11.0 Å². The lowest BCUT2D eigenvalue weighted by molar-refractivity contribution is 0.658. The van der Waals surface area contributed by atoms with Crippen LogP contribution in [0.4, 0.5) is 0 Å². The Hall–Kier alpha value is -6.44. The molecular weight excluding hydrogens is 639 g/mol. The molecule has 2 unspecified atom stereocenters. The van der Waals surface area contributed by atoms with E-state index < -0.39 is 0 Å². The van der Waals surface area contributed by atoms with E-state index in [9.17, 15) is 0 Å². The van der Waals surface area contributed by atoms with Crippen LogP contribution < -0.4 is 0 Å². The molecule has 7 aromatic rings. The first-order valence-corrected chi connectivity index (χ1v) is 18.6. The van der Waals surface area contributed by atoms with Gasteiger partial charge in [-0.1, -0.05) is 153 Å². The second-order valence-electron chi connectivity index (χ2n) is 14.1. The summed E-state index contributed by atoms with van der Waals surface area (Å²) in [5.74, 6) is 0.680.